The van der Waals surface area contributed by atoms with E-state index in [1.165, 1.54) is 5.56 Å². The molecule has 3 heteroatoms. The van der Waals surface area contributed by atoms with Crippen LogP contribution < -0.4 is 10.1 Å². The molecule has 0 saturated carbocycles. The van der Waals surface area contributed by atoms with Crippen molar-refractivity contribution in [2.24, 2.45) is 0 Å². The van der Waals surface area contributed by atoms with Gasteiger partial charge in [0.25, 0.3) is 0 Å². The van der Waals surface area contributed by atoms with Gasteiger partial charge in [-0.2, -0.15) is 0 Å². The number of hydrogen-bond donors (Lipinski definition) is 2. The number of phenolic OH excluding ortho intramolecular Hbond substituents is 1. The first-order valence-corrected chi connectivity index (χ1v) is 6.82. The van der Waals surface area contributed by atoms with E-state index < -0.39 is 0 Å². The van der Waals surface area contributed by atoms with E-state index in [0.717, 1.165) is 24.3 Å². The fraction of sp³-hybridized carbons (Fsp3) is 0.294. The molecule has 2 aromatic rings. The van der Waals surface area contributed by atoms with Gasteiger partial charge in [0.05, 0.1) is 7.11 Å². The minimum absolute atomic E-state index is 0.307. The molecule has 0 bridgehead atoms. The molecule has 0 aromatic heterocycles. The number of nitrogens with one attached hydrogen (secondary N) is 1. The lowest BCUT2D eigenvalue weighted by Crippen LogP contribution is -2.27. The number of hydrogen-bond acceptors (Lipinski definition) is 3. The molecular formula is C17H21NO2. The van der Waals surface area contributed by atoms with Gasteiger partial charge in [0, 0.05) is 12.6 Å². The molecule has 20 heavy (non-hydrogen) atoms. The zero-order chi connectivity index (χ0) is 14.4. The van der Waals surface area contributed by atoms with E-state index in [4.69, 9.17) is 4.74 Å². The zero-order valence-electron chi connectivity index (χ0n) is 12.0. The second-order valence-electron chi connectivity index (χ2n) is 4.97. The van der Waals surface area contributed by atoms with E-state index in [1.54, 1.807) is 19.2 Å². The highest BCUT2D eigenvalue weighted by molar-refractivity contribution is 5.33. The maximum atomic E-state index is 9.44. The summed E-state index contributed by atoms with van der Waals surface area (Å²) in [7, 11) is 1.70. The van der Waals surface area contributed by atoms with Crippen LogP contribution in [0.25, 0.3) is 0 Å². The summed E-state index contributed by atoms with van der Waals surface area (Å²) < 4.78 is 5.36. The normalized spacial score (nSPS) is 12.1. The summed E-state index contributed by atoms with van der Waals surface area (Å²) >= 11 is 0. The Bertz CT molecular complexity index is 554. The zero-order valence-corrected chi connectivity index (χ0v) is 12.0. The summed E-state index contributed by atoms with van der Waals surface area (Å²) in [5, 5.41) is 12.9. The van der Waals surface area contributed by atoms with Gasteiger partial charge in [0.1, 0.15) is 11.5 Å². The number of aromatic hydroxyl groups is 1. The predicted molar refractivity (Wildman–Crippen MR) is 81.1 cm³/mol. The van der Waals surface area contributed by atoms with E-state index in [2.05, 4.69) is 18.3 Å². The van der Waals surface area contributed by atoms with Crippen LogP contribution in [0.15, 0.2) is 48.5 Å². The molecule has 0 aliphatic carbocycles. The second-order valence-corrected chi connectivity index (χ2v) is 4.97. The average Bonchev–Trinajstić information content (AvgIpc) is 2.46. The van der Waals surface area contributed by atoms with Crippen LogP contribution in [0.1, 0.15) is 18.1 Å². The number of para-hydroxylation sites is 1. The van der Waals surface area contributed by atoms with Gasteiger partial charge in [-0.05, 0) is 42.7 Å². The lowest BCUT2D eigenvalue weighted by Gasteiger charge is -2.16. The van der Waals surface area contributed by atoms with Gasteiger partial charge in [0.15, 0.2) is 0 Å². The van der Waals surface area contributed by atoms with E-state index in [9.17, 15) is 5.11 Å². The van der Waals surface area contributed by atoms with Crippen LogP contribution in [0.2, 0.25) is 0 Å². The summed E-state index contributed by atoms with van der Waals surface area (Å²) in [6.45, 7) is 2.89. The Labute approximate surface area is 120 Å². The van der Waals surface area contributed by atoms with Crippen LogP contribution in [-0.4, -0.2) is 18.3 Å². The molecule has 0 saturated heterocycles. The molecule has 0 amide bonds. The molecule has 1 unspecified atom stereocenters. The molecule has 0 aliphatic heterocycles. The van der Waals surface area contributed by atoms with Gasteiger partial charge < -0.3 is 15.2 Å². The van der Waals surface area contributed by atoms with Gasteiger partial charge in [-0.1, -0.05) is 30.3 Å². The third kappa shape index (κ3) is 4.00. The highest BCUT2D eigenvalue weighted by Crippen LogP contribution is 2.19. The Morgan fingerprint density at radius 3 is 2.70 bits per heavy atom. The first-order valence-electron chi connectivity index (χ1n) is 6.82. The van der Waals surface area contributed by atoms with E-state index >= 15 is 0 Å². The lowest BCUT2D eigenvalue weighted by atomic mass is 10.1. The molecule has 3 nitrogen and oxygen atoms in total. The van der Waals surface area contributed by atoms with Crippen molar-refractivity contribution >= 4 is 0 Å². The highest BCUT2D eigenvalue weighted by Gasteiger charge is 2.07. The molecule has 2 N–H and O–H groups in total. The van der Waals surface area contributed by atoms with Gasteiger partial charge in [-0.3, -0.25) is 0 Å². The Kier molecular flexibility index (Phi) is 5.02. The fourth-order valence-electron chi connectivity index (χ4n) is 2.23. The van der Waals surface area contributed by atoms with Crippen LogP contribution in [0.4, 0.5) is 0 Å². The maximum absolute atomic E-state index is 9.44. The van der Waals surface area contributed by atoms with Crippen LogP contribution in [0.5, 0.6) is 11.5 Å². The first-order chi connectivity index (χ1) is 9.69. The van der Waals surface area contributed by atoms with Gasteiger partial charge in [0.2, 0.25) is 0 Å². The van der Waals surface area contributed by atoms with Crippen LogP contribution in [0.3, 0.4) is 0 Å². The van der Waals surface area contributed by atoms with Gasteiger partial charge in [-0.25, -0.2) is 0 Å². The number of ether oxygens (including phenoxy) is 1. The van der Waals surface area contributed by atoms with Crippen LogP contribution in [-0.2, 0) is 13.0 Å². The lowest BCUT2D eigenvalue weighted by molar-refractivity contribution is 0.406. The Balaban J connectivity index is 1.91. The topological polar surface area (TPSA) is 41.5 Å². The molecule has 2 rings (SSSR count). The standard InChI is InChI=1S/C17H21NO2/c1-13(10-15-7-3-4-9-17(15)20-2)18-12-14-6-5-8-16(19)11-14/h3-9,11,13,18-19H,10,12H2,1-2H3. The molecule has 0 heterocycles. The smallest absolute Gasteiger partial charge is 0.122 e. The van der Waals surface area contributed by atoms with Crippen molar-refractivity contribution in [2.75, 3.05) is 7.11 Å². The monoisotopic (exact) mass is 271 g/mol. The number of methoxy groups -OCH3 is 1. The second kappa shape index (κ2) is 6.96. The van der Waals surface area contributed by atoms with Crippen molar-refractivity contribution in [3.63, 3.8) is 0 Å². The van der Waals surface area contributed by atoms with E-state index in [1.807, 2.05) is 30.3 Å². The molecule has 2 aromatic carbocycles. The minimum Gasteiger partial charge on any atom is -0.508 e. The molecule has 1 atom stereocenters. The van der Waals surface area contributed by atoms with Crippen LogP contribution >= 0.6 is 0 Å². The molecular weight excluding hydrogens is 250 g/mol. The third-order valence-electron chi connectivity index (χ3n) is 3.28. The largest absolute Gasteiger partial charge is 0.508 e. The SMILES string of the molecule is COc1ccccc1CC(C)NCc1cccc(O)c1. The first kappa shape index (κ1) is 14.4. The average molecular weight is 271 g/mol. The molecule has 0 fully saturated rings. The Morgan fingerprint density at radius 2 is 1.95 bits per heavy atom. The van der Waals surface area contributed by atoms with Crippen molar-refractivity contribution in [3.8, 4) is 11.5 Å². The van der Waals surface area contributed by atoms with Crippen molar-refractivity contribution in [1.29, 1.82) is 0 Å². The van der Waals surface area contributed by atoms with Crippen molar-refractivity contribution in [1.82, 2.24) is 5.32 Å². The summed E-state index contributed by atoms with van der Waals surface area (Å²) in [6, 6.07) is 15.7. The molecule has 0 radical (unpaired) electrons. The van der Waals surface area contributed by atoms with Crippen molar-refractivity contribution in [3.05, 3.63) is 59.7 Å². The minimum atomic E-state index is 0.307. The quantitative estimate of drug-likeness (QED) is 0.848. The molecule has 0 aliphatic rings. The van der Waals surface area contributed by atoms with E-state index in [0.29, 0.717) is 11.8 Å². The third-order valence-corrected chi connectivity index (χ3v) is 3.28. The van der Waals surface area contributed by atoms with Crippen LogP contribution in [0, 0.1) is 0 Å². The number of benzene rings is 2. The summed E-state index contributed by atoms with van der Waals surface area (Å²) in [5.74, 6) is 1.24. The predicted octanol–water partition coefficient (Wildman–Crippen LogP) is 3.12. The Morgan fingerprint density at radius 1 is 1.15 bits per heavy atom. The summed E-state index contributed by atoms with van der Waals surface area (Å²) in [5.41, 5.74) is 2.28. The maximum Gasteiger partial charge on any atom is 0.122 e. The van der Waals surface area contributed by atoms with Gasteiger partial charge >= 0.3 is 0 Å². The van der Waals surface area contributed by atoms with Crippen molar-refractivity contribution in [2.45, 2.75) is 25.9 Å². The van der Waals surface area contributed by atoms with E-state index in [-0.39, 0.29) is 0 Å². The summed E-state index contributed by atoms with van der Waals surface area (Å²) in [6.07, 6.45) is 0.906. The summed E-state index contributed by atoms with van der Waals surface area (Å²) in [4.78, 5) is 0. The number of phenols is 1. The molecule has 0 spiro atoms. The number of rotatable bonds is 6. The van der Waals surface area contributed by atoms with Gasteiger partial charge in [-0.15, -0.1) is 0 Å². The fourth-order valence-corrected chi connectivity index (χ4v) is 2.23. The van der Waals surface area contributed by atoms with Crippen molar-refractivity contribution < 1.29 is 9.84 Å². The molecule has 106 valence electrons. The highest BCUT2D eigenvalue weighted by atomic mass is 16.5. The Hall–Kier alpha value is -2.00.